The molecule has 2 aromatic rings. The normalized spacial score (nSPS) is 16.7. The number of aromatic nitrogens is 3. The molecule has 0 N–H and O–H groups in total. The molecular formula is C9H8ClN3. The molecule has 0 radical (unpaired) electrons. The molecule has 1 fully saturated rings. The third kappa shape index (κ3) is 1.04. The van der Waals surface area contributed by atoms with Crippen LogP contribution in [0, 0.1) is 0 Å². The first-order valence-electron chi connectivity index (χ1n) is 4.35. The summed E-state index contributed by atoms with van der Waals surface area (Å²) in [7, 11) is 0. The van der Waals surface area contributed by atoms with Gasteiger partial charge < -0.3 is 0 Å². The van der Waals surface area contributed by atoms with Crippen LogP contribution >= 0.6 is 11.6 Å². The maximum absolute atomic E-state index is 5.86. The summed E-state index contributed by atoms with van der Waals surface area (Å²) in [6, 6.07) is 4.11. The van der Waals surface area contributed by atoms with E-state index in [2.05, 4.69) is 16.3 Å². The molecule has 0 spiro atoms. The van der Waals surface area contributed by atoms with E-state index in [1.54, 1.807) is 0 Å². The Labute approximate surface area is 80.3 Å². The first-order valence-corrected chi connectivity index (χ1v) is 4.73. The van der Waals surface area contributed by atoms with E-state index < -0.39 is 0 Å². The molecule has 1 saturated carbocycles. The van der Waals surface area contributed by atoms with Crippen LogP contribution < -0.4 is 0 Å². The van der Waals surface area contributed by atoms with E-state index in [0.717, 1.165) is 5.65 Å². The molecule has 3 rings (SSSR count). The van der Waals surface area contributed by atoms with Gasteiger partial charge in [0.25, 0.3) is 0 Å². The molecule has 0 aliphatic heterocycles. The standard InChI is InChI=1S/C9H8ClN3/c10-9-12-11-8-7(6-3-4-6)2-1-5-13(8)9/h1-2,5-6H,3-4H2. The van der Waals surface area contributed by atoms with Crippen LogP contribution in [-0.4, -0.2) is 14.6 Å². The van der Waals surface area contributed by atoms with Crippen LogP contribution in [0.2, 0.25) is 5.28 Å². The molecule has 13 heavy (non-hydrogen) atoms. The summed E-state index contributed by atoms with van der Waals surface area (Å²) < 4.78 is 1.83. The number of hydrogen-bond donors (Lipinski definition) is 0. The molecule has 0 aromatic carbocycles. The quantitative estimate of drug-likeness (QED) is 0.696. The predicted molar refractivity (Wildman–Crippen MR) is 50.0 cm³/mol. The molecule has 2 heterocycles. The third-order valence-electron chi connectivity index (χ3n) is 2.44. The molecule has 0 amide bonds. The molecule has 66 valence electrons. The second-order valence-corrected chi connectivity index (χ2v) is 3.74. The molecule has 0 saturated heterocycles. The Hall–Kier alpha value is -1.09. The Morgan fingerprint density at radius 1 is 1.38 bits per heavy atom. The van der Waals surface area contributed by atoms with Gasteiger partial charge in [-0.15, -0.1) is 10.2 Å². The Morgan fingerprint density at radius 3 is 3.00 bits per heavy atom. The zero-order valence-electron chi connectivity index (χ0n) is 6.94. The number of hydrogen-bond acceptors (Lipinski definition) is 2. The summed E-state index contributed by atoms with van der Waals surface area (Å²) >= 11 is 5.86. The monoisotopic (exact) mass is 193 g/mol. The predicted octanol–water partition coefficient (Wildman–Crippen LogP) is 2.26. The SMILES string of the molecule is Clc1nnc2c(C3CC3)cccn12. The van der Waals surface area contributed by atoms with E-state index >= 15 is 0 Å². The minimum Gasteiger partial charge on any atom is -0.273 e. The van der Waals surface area contributed by atoms with Gasteiger partial charge in [-0.25, -0.2) is 0 Å². The lowest BCUT2D eigenvalue weighted by molar-refractivity contribution is 1.07. The molecule has 2 aromatic heterocycles. The van der Waals surface area contributed by atoms with Crippen molar-refractivity contribution in [2.45, 2.75) is 18.8 Å². The van der Waals surface area contributed by atoms with Crippen LogP contribution in [-0.2, 0) is 0 Å². The van der Waals surface area contributed by atoms with Gasteiger partial charge >= 0.3 is 0 Å². The zero-order valence-corrected chi connectivity index (χ0v) is 7.70. The van der Waals surface area contributed by atoms with Gasteiger partial charge in [0.1, 0.15) is 0 Å². The first kappa shape index (κ1) is 7.33. The van der Waals surface area contributed by atoms with Gasteiger partial charge in [-0.1, -0.05) is 6.07 Å². The second-order valence-electron chi connectivity index (χ2n) is 3.40. The summed E-state index contributed by atoms with van der Waals surface area (Å²) in [5.41, 5.74) is 2.19. The van der Waals surface area contributed by atoms with Crippen molar-refractivity contribution in [3.8, 4) is 0 Å². The van der Waals surface area contributed by atoms with E-state index in [4.69, 9.17) is 11.6 Å². The topological polar surface area (TPSA) is 30.2 Å². The van der Waals surface area contributed by atoms with Crippen LogP contribution in [0.4, 0.5) is 0 Å². The lowest BCUT2D eigenvalue weighted by atomic mass is 10.2. The van der Waals surface area contributed by atoms with Crippen LogP contribution in [0.15, 0.2) is 18.3 Å². The second kappa shape index (κ2) is 2.45. The summed E-state index contributed by atoms with van der Waals surface area (Å²) in [4.78, 5) is 0. The smallest absolute Gasteiger partial charge is 0.229 e. The molecule has 1 aliphatic rings. The van der Waals surface area contributed by atoms with Gasteiger partial charge in [0.05, 0.1) is 0 Å². The molecule has 1 aliphatic carbocycles. The lowest BCUT2D eigenvalue weighted by Gasteiger charge is -1.99. The van der Waals surface area contributed by atoms with Crippen molar-refractivity contribution in [2.75, 3.05) is 0 Å². The van der Waals surface area contributed by atoms with Crippen molar-refractivity contribution in [2.24, 2.45) is 0 Å². The fourth-order valence-corrected chi connectivity index (χ4v) is 1.80. The average Bonchev–Trinajstić information content (AvgIpc) is 2.92. The molecule has 4 heteroatoms. The van der Waals surface area contributed by atoms with Crippen molar-refractivity contribution in [1.82, 2.24) is 14.6 Å². The summed E-state index contributed by atoms with van der Waals surface area (Å²) in [5.74, 6) is 0.684. The van der Waals surface area contributed by atoms with E-state index in [-0.39, 0.29) is 0 Å². The minimum absolute atomic E-state index is 0.442. The number of halogens is 1. The highest BCUT2D eigenvalue weighted by atomic mass is 35.5. The maximum Gasteiger partial charge on any atom is 0.229 e. The lowest BCUT2D eigenvalue weighted by Crippen LogP contribution is -1.89. The molecule has 0 bridgehead atoms. The first-order chi connectivity index (χ1) is 6.36. The van der Waals surface area contributed by atoms with E-state index in [9.17, 15) is 0 Å². The Morgan fingerprint density at radius 2 is 2.23 bits per heavy atom. The number of pyridine rings is 1. The molecule has 0 atom stereocenters. The maximum atomic E-state index is 5.86. The molecule has 0 unspecified atom stereocenters. The Bertz CT molecular complexity index is 459. The summed E-state index contributed by atoms with van der Waals surface area (Å²) in [6.45, 7) is 0. The number of fused-ring (bicyclic) bond motifs is 1. The van der Waals surface area contributed by atoms with Gasteiger partial charge in [0, 0.05) is 11.8 Å². The van der Waals surface area contributed by atoms with Crippen molar-refractivity contribution in [3.05, 3.63) is 29.2 Å². The number of rotatable bonds is 1. The highest BCUT2D eigenvalue weighted by molar-refractivity contribution is 6.28. The highest BCUT2D eigenvalue weighted by Crippen LogP contribution is 2.41. The summed E-state index contributed by atoms with van der Waals surface area (Å²) in [6.07, 6.45) is 4.43. The van der Waals surface area contributed by atoms with E-state index in [0.29, 0.717) is 11.2 Å². The fourth-order valence-electron chi connectivity index (χ4n) is 1.62. The van der Waals surface area contributed by atoms with Crippen LogP contribution in [0.25, 0.3) is 5.65 Å². The van der Waals surface area contributed by atoms with Crippen molar-refractivity contribution >= 4 is 17.2 Å². The highest BCUT2D eigenvalue weighted by Gasteiger charge is 2.26. The van der Waals surface area contributed by atoms with Crippen molar-refractivity contribution < 1.29 is 0 Å². The molecule has 3 nitrogen and oxygen atoms in total. The molecular weight excluding hydrogens is 186 g/mol. The van der Waals surface area contributed by atoms with E-state index in [1.165, 1.54) is 18.4 Å². The fraction of sp³-hybridized carbons (Fsp3) is 0.333. The zero-order chi connectivity index (χ0) is 8.84. The Balaban J connectivity index is 2.33. The van der Waals surface area contributed by atoms with Crippen LogP contribution in [0.1, 0.15) is 24.3 Å². The van der Waals surface area contributed by atoms with Gasteiger partial charge in [0.2, 0.25) is 5.28 Å². The van der Waals surface area contributed by atoms with Crippen LogP contribution in [0.3, 0.4) is 0 Å². The largest absolute Gasteiger partial charge is 0.273 e. The van der Waals surface area contributed by atoms with E-state index in [1.807, 2.05) is 16.7 Å². The third-order valence-corrected chi connectivity index (χ3v) is 2.70. The minimum atomic E-state index is 0.442. The van der Waals surface area contributed by atoms with Gasteiger partial charge in [0.15, 0.2) is 5.65 Å². The summed E-state index contributed by atoms with van der Waals surface area (Å²) in [5, 5.41) is 8.35. The van der Waals surface area contributed by atoms with Gasteiger partial charge in [-0.05, 0) is 36.4 Å². The van der Waals surface area contributed by atoms with Crippen molar-refractivity contribution in [1.29, 1.82) is 0 Å². The number of nitrogens with zero attached hydrogens (tertiary/aromatic N) is 3. The average molecular weight is 194 g/mol. The van der Waals surface area contributed by atoms with Crippen LogP contribution in [0.5, 0.6) is 0 Å². The van der Waals surface area contributed by atoms with Gasteiger partial charge in [-0.3, -0.25) is 4.40 Å². The Kier molecular flexibility index (Phi) is 1.38. The van der Waals surface area contributed by atoms with Crippen molar-refractivity contribution in [3.63, 3.8) is 0 Å². The van der Waals surface area contributed by atoms with Gasteiger partial charge in [-0.2, -0.15) is 0 Å².